The minimum absolute atomic E-state index is 0.0176. The second kappa shape index (κ2) is 2.61. The van der Waals surface area contributed by atoms with Crippen LogP contribution in [0, 0.1) is 11.8 Å². The molecular weight excluding hydrogens is 152 g/mol. The molecule has 0 aromatic rings. The van der Waals surface area contributed by atoms with Gasteiger partial charge in [-0.2, -0.15) is 0 Å². The summed E-state index contributed by atoms with van der Waals surface area (Å²) in [6, 6.07) is 0. The average Bonchev–Trinajstić information content (AvgIpc) is 2.28. The van der Waals surface area contributed by atoms with E-state index in [-0.39, 0.29) is 18.0 Å². The molecule has 2 rings (SSSR count). The number of esters is 1. The molecule has 0 saturated carbocycles. The highest BCUT2D eigenvalue weighted by molar-refractivity contribution is 5.75. The summed E-state index contributed by atoms with van der Waals surface area (Å²) in [6.07, 6.45) is 4.43. The summed E-state index contributed by atoms with van der Waals surface area (Å²) < 4.78 is 5.23. The van der Waals surface area contributed by atoms with Crippen LogP contribution in [-0.4, -0.2) is 12.1 Å². The van der Waals surface area contributed by atoms with Crippen LogP contribution in [0.3, 0.4) is 0 Å². The fraction of sp³-hybridized carbons (Fsp3) is 0.700. The molecule has 3 atom stereocenters. The normalized spacial score (nSPS) is 40.3. The minimum atomic E-state index is -0.0176. The van der Waals surface area contributed by atoms with Gasteiger partial charge in [0.2, 0.25) is 0 Å². The molecule has 0 bridgehead atoms. The molecule has 12 heavy (non-hydrogen) atoms. The zero-order valence-corrected chi connectivity index (χ0v) is 7.54. The summed E-state index contributed by atoms with van der Waals surface area (Å²) in [6.45, 7) is 4.08. The smallest absolute Gasteiger partial charge is 0.309 e. The fourth-order valence-electron chi connectivity index (χ4n) is 2.12. The third-order valence-electron chi connectivity index (χ3n) is 3.01. The standard InChI is InChI=1S/C10H14O2/c1-6-3-4-8-7(2)10(11)12-9(8)5-6/h5,7-9H,3-4H2,1-2H3. The Bertz CT molecular complexity index is 242. The topological polar surface area (TPSA) is 26.3 Å². The van der Waals surface area contributed by atoms with Crippen molar-refractivity contribution in [2.75, 3.05) is 0 Å². The van der Waals surface area contributed by atoms with Crippen LogP contribution in [-0.2, 0) is 9.53 Å². The number of hydrogen-bond acceptors (Lipinski definition) is 2. The fourth-order valence-corrected chi connectivity index (χ4v) is 2.12. The molecule has 0 amide bonds. The van der Waals surface area contributed by atoms with E-state index in [1.165, 1.54) is 5.57 Å². The molecule has 0 spiro atoms. The van der Waals surface area contributed by atoms with Crippen LogP contribution in [0.1, 0.15) is 26.7 Å². The zero-order valence-electron chi connectivity index (χ0n) is 7.54. The monoisotopic (exact) mass is 166 g/mol. The lowest BCUT2D eigenvalue weighted by atomic mass is 9.82. The van der Waals surface area contributed by atoms with Gasteiger partial charge in [-0.3, -0.25) is 4.79 Å². The number of fused-ring (bicyclic) bond motifs is 1. The molecule has 1 aliphatic heterocycles. The van der Waals surface area contributed by atoms with Gasteiger partial charge in [-0.1, -0.05) is 12.5 Å². The third-order valence-corrected chi connectivity index (χ3v) is 3.01. The Morgan fingerprint density at radius 1 is 1.58 bits per heavy atom. The molecule has 1 aliphatic carbocycles. The van der Waals surface area contributed by atoms with Gasteiger partial charge in [0.1, 0.15) is 6.10 Å². The van der Waals surface area contributed by atoms with Gasteiger partial charge in [0.15, 0.2) is 0 Å². The Balaban J connectivity index is 2.22. The van der Waals surface area contributed by atoms with Gasteiger partial charge in [0.05, 0.1) is 5.92 Å². The van der Waals surface area contributed by atoms with Gasteiger partial charge in [-0.25, -0.2) is 0 Å². The Morgan fingerprint density at radius 3 is 3.08 bits per heavy atom. The number of rotatable bonds is 0. The Morgan fingerprint density at radius 2 is 2.33 bits per heavy atom. The van der Waals surface area contributed by atoms with Crippen molar-refractivity contribution < 1.29 is 9.53 Å². The van der Waals surface area contributed by atoms with E-state index < -0.39 is 0 Å². The van der Waals surface area contributed by atoms with Crippen molar-refractivity contribution in [2.45, 2.75) is 32.8 Å². The first-order valence-electron chi connectivity index (χ1n) is 4.56. The van der Waals surface area contributed by atoms with E-state index in [2.05, 4.69) is 13.0 Å². The number of ether oxygens (including phenoxy) is 1. The van der Waals surface area contributed by atoms with Crippen molar-refractivity contribution in [1.82, 2.24) is 0 Å². The van der Waals surface area contributed by atoms with E-state index in [1.807, 2.05) is 6.92 Å². The van der Waals surface area contributed by atoms with Crippen LogP contribution in [0.2, 0.25) is 0 Å². The summed E-state index contributed by atoms with van der Waals surface area (Å²) in [5.41, 5.74) is 1.36. The largest absolute Gasteiger partial charge is 0.458 e. The van der Waals surface area contributed by atoms with Crippen molar-refractivity contribution in [3.63, 3.8) is 0 Å². The third kappa shape index (κ3) is 1.06. The molecule has 66 valence electrons. The molecule has 1 heterocycles. The van der Waals surface area contributed by atoms with E-state index in [1.54, 1.807) is 0 Å². The number of allylic oxidation sites excluding steroid dienone is 1. The van der Waals surface area contributed by atoms with Gasteiger partial charge < -0.3 is 4.74 Å². The van der Waals surface area contributed by atoms with Crippen molar-refractivity contribution in [3.05, 3.63) is 11.6 Å². The molecule has 0 aromatic heterocycles. The molecule has 0 radical (unpaired) electrons. The lowest BCUT2D eigenvalue weighted by Crippen LogP contribution is -2.21. The van der Waals surface area contributed by atoms with Crippen LogP contribution >= 0.6 is 0 Å². The number of carbonyl (C=O) groups excluding carboxylic acids is 1. The van der Waals surface area contributed by atoms with Gasteiger partial charge in [0, 0.05) is 5.92 Å². The van der Waals surface area contributed by atoms with Gasteiger partial charge in [-0.05, 0) is 25.8 Å². The molecule has 2 heteroatoms. The van der Waals surface area contributed by atoms with Crippen LogP contribution < -0.4 is 0 Å². The van der Waals surface area contributed by atoms with Crippen LogP contribution in [0.4, 0.5) is 0 Å². The molecule has 2 aliphatic rings. The second-order valence-corrected chi connectivity index (χ2v) is 3.91. The lowest BCUT2D eigenvalue weighted by Gasteiger charge is -2.22. The van der Waals surface area contributed by atoms with E-state index >= 15 is 0 Å². The van der Waals surface area contributed by atoms with E-state index in [9.17, 15) is 4.79 Å². The molecule has 1 saturated heterocycles. The van der Waals surface area contributed by atoms with Gasteiger partial charge >= 0.3 is 5.97 Å². The van der Waals surface area contributed by atoms with E-state index in [0.29, 0.717) is 5.92 Å². The number of hydrogen-bond donors (Lipinski definition) is 0. The lowest BCUT2D eigenvalue weighted by molar-refractivity contribution is -0.142. The molecular formula is C10H14O2. The predicted octanol–water partition coefficient (Wildman–Crippen LogP) is 1.90. The van der Waals surface area contributed by atoms with E-state index in [4.69, 9.17) is 4.74 Å². The highest BCUT2D eigenvalue weighted by Crippen LogP contribution is 2.37. The molecule has 1 fully saturated rings. The molecule has 3 unspecified atom stereocenters. The minimum Gasteiger partial charge on any atom is -0.458 e. The zero-order chi connectivity index (χ0) is 8.72. The second-order valence-electron chi connectivity index (χ2n) is 3.91. The maximum atomic E-state index is 11.2. The molecule has 0 N–H and O–H groups in total. The molecule has 0 aromatic carbocycles. The summed E-state index contributed by atoms with van der Waals surface area (Å²) >= 11 is 0. The summed E-state index contributed by atoms with van der Waals surface area (Å²) in [7, 11) is 0. The first kappa shape index (κ1) is 7.84. The van der Waals surface area contributed by atoms with E-state index in [0.717, 1.165) is 12.8 Å². The van der Waals surface area contributed by atoms with Crippen molar-refractivity contribution >= 4 is 5.97 Å². The van der Waals surface area contributed by atoms with Crippen molar-refractivity contribution in [3.8, 4) is 0 Å². The van der Waals surface area contributed by atoms with Gasteiger partial charge in [0.25, 0.3) is 0 Å². The first-order chi connectivity index (χ1) is 5.68. The average molecular weight is 166 g/mol. The summed E-state index contributed by atoms with van der Waals surface area (Å²) in [5.74, 6) is 0.538. The quantitative estimate of drug-likeness (QED) is 0.406. The van der Waals surface area contributed by atoms with Crippen LogP contribution in [0.5, 0.6) is 0 Å². The SMILES string of the molecule is CC1=CC2OC(=O)C(C)C2CC1. The Labute approximate surface area is 72.6 Å². The first-order valence-corrected chi connectivity index (χ1v) is 4.56. The number of carbonyl (C=O) groups is 1. The van der Waals surface area contributed by atoms with Crippen LogP contribution in [0.25, 0.3) is 0 Å². The summed E-state index contributed by atoms with van der Waals surface area (Å²) in [5, 5.41) is 0. The summed E-state index contributed by atoms with van der Waals surface area (Å²) in [4.78, 5) is 11.2. The molecule has 2 nitrogen and oxygen atoms in total. The van der Waals surface area contributed by atoms with Crippen molar-refractivity contribution in [2.24, 2.45) is 11.8 Å². The van der Waals surface area contributed by atoms with Crippen molar-refractivity contribution in [1.29, 1.82) is 0 Å². The Kier molecular flexibility index (Phi) is 1.71. The predicted molar refractivity (Wildman–Crippen MR) is 45.5 cm³/mol. The maximum Gasteiger partial charge on any atom is 0.309 e. The maximum absolute atomic E-state index is 11.2. The highest BCUT2D eigenvalue weighted by Gasteiger charge is 2.41. The van der Waals surface area contributed by atoms with Gasteiger partial charge in [-0.15, -0.1) is 0 Å². The highest BCUT2D eigenvalue weighted by atomic mass is 16.6. The Hall–Kier alpha value is -0.790. The van der Waals surface area contributed by atoms with Crippen LogP contribution in [0.15, 0.2) is 11.6 Å².